The highest BCUT2D eigenvalue weighted by Crippen LogP contribution is 2.30. The van der Waals surface area contributed by atoms with Gasteiger partial charge in [0.1, 0.15) is 5.69 Å². The van der Waals surface area contributed by atoms with Crippen LogP contribution >= 0.6 is 12.0 Å². The van der Waals surface area contributed by atoms with Gasteiger partial charge < -0.3 is 0 Å². The molecule has 0 amide bonds. The van der Waals surface area contributed by atoms with Crippen LogP contribution in [0.5, 0.6) is 0 Å². The maximum Gasteiger partial charge on any atom is 0.533 e. The summed E-state index contributed by atoms with van der Waals surface area (Å²) in [5.74, 6) is -0.0982. The van der Waals surface area contributed by atoms with Gasteiger partial charge in [-0.05, 0) is 24.3 Å². The maximum atomic E-state index is 12.1. The lowest BCUT2D eigenvalue weighted by Gasteiger charge is -2.08. The molecular weight excluding hydrogens is 353 g/mol. The first kappa shape index (κ1) is 17.7. The third-order valence-electron chi connectivity index (χ3n) is 2.70. The fourth-order valence-corrected chi connectivity index (χ4v) is 3.11. The lowest BCUT2D eigenvalue weighted by atomic mass is 10.2. The molecule has 0 saturated carbocycles. The van der Waals surface area contributed by atoms with Gasteiger partial charge in [-0.2, -0.15) is 0 Å². The fourth-order valence-electron chi connectivity index (χ4n) is 1.65. The molecule has 0 spiro atoms. The Labute approximate surface area is 135 Å². The van der Waals surface area contributed by atoms with Gasteiger partial charge in [0.25, 0.3) is 0 Å². The van der Waals surface area contributed by atoms with Crippen LogP contribution in [-0.4, -0.2) is 30.5 Å². The largest absolute Gasteiger partial charge is 0.533 e. The first-order valence-electron chi connectivity index (χ1n) is 6.29. The van der Waals surface area contributed by atoms with Gasteiger partial charge >= 0.3 is 6.36 Å². The first-order chi connectivity index (χ1) is 10.7. The van der Waals surface area contributed by atoms with Crippen LogP contribution in [0.3, 0.4) is 0 Å². The van der Waals surface area contributed by atoms with Crippen LogP contribution in [0.25, 0.3) is 11.4 Å². The van der Waals surface area contributed by atoms with E-state index in [0.29, 0.717) is 0 Å². The second-order valence-electron chi connectivity index (χ2n) is 4.25. The van der Waals surface area contributed by atoms with E-state index in [0.717, 1.165) is 6.20 Å². The van der Waals surface area contributed by atoms with Crippen LogP contribution in [0.1, 0.15) is 6.92 Å². The van der Waals surface area contributed by atoms with E-state index in [9.17, 15) is 21.6 Å². The molecule has 0 aliphatic rings. The van der Waals surface area contributed by atoms with Gasteiger partial charge in [0.05, 0.1) is 21.2 Å². The Balaban J connectivity index is 2.31. The Kier molecular flexibility index (Phi) is 5.27. The predicted molar refractivity (Wildman–Crippen MR) is 78.2 cm³/mol. The molecule has 5 nitrogen and oxygen atoms in total. The number of hydrogen-bond donors (Lipinski definition) is 0. The molecule has 10 heteroatoms. The van der Waals surface area contributed by atoms with Crippen molar-refractivity contribution in [3.63, 3.8) is 0 Å². The van der Waals surface area contributed by atoms with E-state index in [2.05, 4.69) is 14.2 Å². The monoisotopic (exact) mass is 364 g/mol. The summed E-state index contributed by atoms with van der Waals surface area (Å²) in [5.41, 5.74) is 0.400. The third-order valence-corrected chi connectivity index (χ3v) is 5.16. The molecular formula is C13H11F3N2O3S2. The van der Waals surface area contributed by atoms with Crippen LogP contribution in [0.15, 0.2) is 46.5 Å². The van der Waals surface area contributed by atoms with Crippen molar-refractivity contribution in [3.05, 3.63) is 36.7 Å². The Hall–Kier alpha value is -1.65. The molecule has 0 N–H and O–H groups in total. The number of pyridine rings is 2. The molecule has 0 fully saturated rings. The summed E-state index contributed by atoms with van der Waals surface area (Å²) in [5, 5.41) is 0. The Bertz CT molecular complexity index is 778. The smallest absolute Gasteiger partial charge is 0.253 e. The van der Waals surface area contributed by atoms with Crippen molar-refractivity contribution < 1.29 is 25.8 Å². The molecule has 0 aromatic carbocycles. The summed E-state index contributed by atoms with van der Waals surface area (Å²) in [6, 6.07) is 5.64. The minimum absolute atomic E-state index is 0.0296. The normalized spacial score (nSPS) is 12.3. The average Bonchev–Trinajstić information content (AvgIpc) is 2.53. The van der Waals surface area contributed by atoms with Gasteiger partial charge in [0, 0.05) is 24.4 Å². The molecule has 0 aliphatic carbocycles. The van der Waals surface area contributed by atoms with Gasteiger partial charge in [0.2, 0.25) is 0 Å². The van der Waals surface area contributed by atoms with E-state index < -0.39 is 16.2 Å². The molecule has 0 bridgehead atoms. The number of alkyl halides is 3. The molecule has 0 atom stereocenters. The number of hydrogen-bond acceptors (Lipinski definition) is 6. The van der Waals surface area contributed by atoms with Gasteiger partial charge in [-0.3, -0.25) is 9.97 Å². The third kappa shape index (κ3) is 4.66. The van der Waals surface area contributed by atoms with Gasteiger partial charge in [-0.1, -0.05) is 6.92 Å². The standard InChI is InChI=1S/C13H11F3N2O3S2/c1-2-23(19,20)11-4-3-7-17-12(11)10-6-5-9(8-18-10)22-21-13(14,15)16/h3-8H,2H2,1H3. The average molecular weight is 364 g/mol. The summed E-state index contributed by atoms with van der Waals surface area (Å²) in [6.07, 6.45) is -2.18. The van der Waals surface area contributed by atoms with Crippen LogP contribution in [0.2, 0.25) is 0 Å². The lowest BCUT2D eigenvalue weighted by Crippen LogP contribution is -2.08. The number of sulfone groups is 1. The van der Waals surface area contributed by atoms with Crippen molar-refractivity contribution >= 4 is 21.9 Å². The molecule has 124 valence electrons. The van der Waals surface area contributed by atoms with Crippen molar-refractivity contribution in [2.24, 2.45) is 0 Å². The SMILES string of the molecule is CCS(=O)(=O)c1cccnc1-c1ccc(SOC(F)(F)F)cn1. The van der Waals surface area contributed by atoms with Gasteiger partial charge in [0.15, 0.2) is 9.84 Å². The van der Waals surface area contributed by atoms with Gasteiger partial charge in [-0.25, -0.2) is 12.6 Å². The highest BCUT2D eigenvalue weighted by atomic mass is 32.2. The lowest BCUT2D eigenvalue weighted by molar-refractivity contribution is -0.266. The van der Waals surface area contributed by atoms with E-state index in [-0.39, 0.29) is 39.0 Å². The van der Waals surface area contributed by atoms with E-state index in [1.54, 1.807) is 0 Å². The van der Waals surface area contributed by atoms with Crippen LogP contribution < -0.4 is 0 Å². The van der Waals surface area contributed by atoms with E-state index in [1.165, 1.54) is 37.4 Å². The number of nitrogens with zero attached hydrogens (tertiary/aromatic N) is 2. The van der Waals surface area contributed by atoms with E-state index >= 15 is 0 Å². The second-order valence-corrected chi connectivity index (χ2v) is 7.30. The Morgan fingerprint density at radius 1 is 1.22 bits per heavy atom. The minimum Gasteiger partial charge on any atom is -0.253 e. The van der Waals surface area contributed by atoms with Gasteiger partial charge in [-0.15, -0.1) is 13.2 Å². The zero-order chi connectivity index (χ0) is 17.1. The zero-order valence-corrected chi connectivity index (χ0v) is 13.4. The topological polar surface area (TPSA) is 69.2 Å². The van der Waals surface area contributed by atoms with Crippen molar-refractivity contribution in [1.82, 2.24) is 9.97 Å². The zero-order valence-electron chi connectivity index (χ0n) is 11.7. The molecule has 0 saturated heterocycles. The van der Waals surface area contributed by atoms with Crippen molar-refractivity contribution in [1.29, 1.82) is 0 Å². The Morgan fingerprint density at radius 3 is 2.52 bits per heavy atom. The van der Waals surface area contributed by atoms with Crippen molar-refractivity contribution in [2.75, 3.05) is 5.75 Å². The predicted octanol–water partition coefficient (Wildman–Crippen LogP) is 3.48. The maximum absolute atomic E-state index is 12.1. The first-order valence-corrected chi connectivity index (χ1v) is 8.69. The van der Waals surface area contributed by atoms with Crippen LogP contribution in [0.4, 0.5) is 13.2 Å². The minimum atomic E-state index is -4.76. The fraction of sp³-hybridized carbons (Fsp3) is 0.231. The molecule has 0 unspecified atom stereocenters. The Morgan fingerprint density at radius 2 is 1.96 bits per heavy atom. The summed E-state index contributed by atoms with van der Waals surface area (Å²) >= 11 is 0.119. The van der Waals surface area contributed by atoms with Crippen molar-refractivity contribution in [2.45, 2.75) is 23.1 Å². The quantitative estimate of drug-likeness (QED) is 0.757. The molecule has 0 radical (unpaired) electrons. The molecule has 2 heterocycles. The highest BCUT2D eigenvalue weighted by Gasteiger charge is 2.30. The number of aromatic nitrogens is 2. The highest BCUT2D eigenvalue weighted by molar-refractivity contribution is 7.94. The summed E-state index contributed by atoms with van der Waals surface area (Å²) < 4.78 is 63.6. The molecule has 0 aliphatic heterocycles. The number of rotatable bonds is 5. The number of halogens is 3. The second kappa shape index (κ2) is 6.85. The molecule has 2 rings (SSSR count). The van der Waals surface area contributed by atoms with Crippen molar-refractivity contribution in [3.8, 4) is 11.4 Å². The van der Waals surface area contributed by atoms with Crippen LogP contribution in [-0.2, 0) is 14.0 Å². The molecule has 2 aromatic heterocycles. The molecule has 2 aromatic rings. The molecule has 23 heavy (non-hydrogen) atoms. The van der Waals surface area contributed by atoms with E-state index in [1.807, 2.05) is 0 Å². The summed E-state index contributed by atoms with van der Waals surface area (Å²) in [6.45, 7) is 1.51. The van der Waals surface area contributed by atoms with E-state index in [4.69, 9.17) is 0 Å². The van der Waals surface area contributed by atoms with Crippen LogP contribution in [0, 0.1) is 0 Å². The summed E-state index contributed by atoms with van der Waals surface area (Å²) in [4.78, 5) is 8.14. The summed E-state index contributed by atoms with van der Waals surface area (Å²) in [7, 11) is -3.50.